The highest BCUT2D eigenvalue weighted by molar-refractivity contribution is 7.92. The molecule has 2 fully saturated rings. The Hall–Kier alpha value is -0.130. The van der Waals surface area contributed by atoms with Gasteiger partial charge in [0.2, 0.25) is 0 Å². The lowest BCUT2D eigenvalue weighted by molar-refractivity contribution is 0.211. The van der Waals surface area contributed by atoms with E-state index in [1.165, 1.54) is 6.42 Å². The lowest BCUT2D eigenvalue weighted by Gasteiger charge is -2.44. The van der Waals surface area contributed by atoms with E-state index in [0.29, 0.717) is 5.75 Å². The van der Waals surface area contributed by atoms with Crippen LogP contribution in [0.4, 0.5) is 0 Å². The van der Waals surface area contributed by atoms with Crippen LogP contribution in [0.5, 0.6) is 0 Å². The van der Waals surface area contributed by atoms with Gasteiger partial charge < -0.3 is 0 Å². The molecule has 94 valence electrons. The molecule has 3 N–H and O–H groups in total. The van der Waals surface area contributed by atoms with Gasteiger partial charge in [0, 0.05) is 5.54 Å². The fourth-order valence-corrected chi connectivity index (χ4v) is 5.72. The fourth-order valence-electron chi connectivity index (χ4n) is 3.32. The Balaban J connectivity index is 2.25. The largest absolute Gasteiger partial charge is 0.271 e. The first-order valence-electron chi connectivity index (χ1n) is 6.30. The molecular formula is C11H22N2O2S. The van der Waals surface area contributed by atoms with Crippen LogP contribution in [0.1, 0.15) is 51.4 Å². The molecule has 1 aliphatic carbocycles. The summed E-state index contributed by atoms with van der Waals surface area (Å²) in [5.74, 6) is 6.02. The average Bonchev–Trinajstić information content (AvgIpc) is 2.29. The van der Waals surface area contributed by atoms with E-state index in [1.807, 2.05) is 0 Å². The second kappa shape index (κ2) is 4.63. The number of nitrogens with two attached hydrogens (primary N) is 1. The smallest absolute Gasteiger partial charge is 0.155 e. The molecule has 1 unspecified atom stereocenters. The minimum atomic E-state index is -2.94. The Kier molecular flexibility index (Phi) is 3.56. The van der Waals surface area contributed by atoms with Crippen molar-refractivity contribution in [3.05, 3.63) is 0 Å². The van der Waals surface area contributed by atoms with Crippen LogP contribution in [-0.4, -0.2) is 25.0 Å². The Bertz CT molecular complexity index is 334. The summed E-state index contributed by atoms with van der Waals surface area (Å²) in [6, 6.07) is 0. The summed E-state index contributed by atoms with van der Waals surface area (Å²) in [5.41, 5.74) is 2.53. The minimum Gasteiger partial charge on any atom is -0.271 e. The molecule has 0 bridgehead atoms. The summed E-state index contributed by atoms with van der Waals surface area (Å²) in [4.78, 5) is 0. The van der Waals surface area contributed by atoms with Crippen molar-refractivity contribution in [3.8, 4) is 0 Å². The van der Waals surface area contributed by atoms with Crippen LogP contribution in [0.25, 0.3) is 0 Å². The molecule has 1 saturated heterocycles. The van der Waals surface area contributed by atoms with Crippen molar-refractivity contribution in [2.75, 3.05) is 5.75 Å². The molecule has 0 spiro atoms. The number of hydrogen-bond acceptors (Lipinski definition) is 4. The molecule has 16 heavy (non-hydrogen) atoms. The fraction of sp³-hybridized carbons (Fsp3) is 1.00. The lowest BCUT2D eigenvalue weighted by Crippen LogP contribution is -2.61. The highest BCUT2D eigenvalue weighted by Crippen LogP contribution is 2.38. The first-order valence-corrected chi connectivity index (χ1v) is 8.02. The van der Waals surface area contributed by atoms with Gasteiger partial charge in [-0.05, 0) is 25.7 Å². The van der Waals surface area contributed by atoms with Gasteiger partial charge in [-0.15, -0.1) is 0 Å². The predicted molar refractivity (Wildman–Crippen MR) is 64.6 cm³/mol. The van der Waals surface area contributed by atoms with Gasteiger partial charge in [0.05, 0.1) is 11.0 Å². The van der Waals surface area contributed by atoms with Gasteiger partial charge in [0.25, 0.3) is 0 Å². The predicted octanol–water partition coefficient (Wildman–Crippen LogP) is 1.12. The zero-order valence-electron chi connectivity index (χ0n) is 9.74. The van der Waals surface area contributed by atoms with Crippen LogP contribution >= 0.6 is 0 Å². The van der Waals surface area contributed by atoms with Crippen LogP contribution < -0.4 is 11.3 Å². The number of rotatable bonds is 2. The van der Waals surface area contributed by atoms with E-state index < -0.39 is 9.84 Å². The summed E-state index contributed by atoms with van der Waals surface area (Å²) in [6.07, 6.45) is 7.84. The van der Waals surface area contributed by atoms with Crippen molar-refractivity contribution in [1.82, 2.24) is 5.43 Å². The molecule has 0 aromatic heterocycles. The molecule has 0 amide bonds. The molecular weight excluding hydrogens is 224 g/mol. The first kappa shape index (κ1) is 12.3. The van der Waals surface area contributed by atoms with E-state index in [2.05, 4.69) is 5.43 Å². The van der Waals surface area contributed by atoms with Gasteiger partial charge in [0.1, 0.15) is 0 Å². The van der Waals surface area contributed by atoms with Gasteiger partial charge in [-0.25, -0.2) is 8.42 Å². The highest BCUT2D eigenvalue weighted by atomic mass is 32.2. The van der Waals surface area contributed by atoms with Gasteiger partial charge in [-0.3, -0.25) is 11.3 Å². The quantitative estimate of drug-likeness (QED) is 0.566. The zero-order valence-corrected chi connectivity index (χ0v) is 10.6. The third-order valence-electron chi connectivity index (χ3n) is 4.23. The SMILES string of the molecule is NNC1(C2CCCCS2(=O)=O)CCCCC1. The molecule has 0 aromatic carbocycles. The Morgan fingerprint density at radius 3 is 2.31 bits per heavy atom. The molecule has 2 aliphatic rings. The molecule has 1 atom stereocenters. The Morgan fingerprint density at radius 1 is 1.06 bits per heavy atom. The van der Waals surface area contributed by atoms with Crippen molar-refractivity contribution >= 4 is 9.84 Å². The van der Waals surface area contributed by atoms with Crippen molar-refractivity contribution in [2.24, 2.45) is 5.84 Å². The number of sulfone groups is 1. The molecule has 0 aromatic rings. The van der Waals surface area contributed by atoms with Crippen LogP contribution in [-0.2, 0) is 9.84 Å². The van der Waals surface area contributed by atoms with E-state index in [4.69, 9.17) is 5.84 Å². The van der Waals surface area contributed by atoms with Gasteiger partial charge in [-0.1, -0.05) is 25.7 Å². The summed E-state index contributed by atoms with van der Waals surface area (Å²) >= 11 is 0. The van der Waals surface area contributed by atoms with Crippen molar-refractivity contribution in [3.63, 3.8) is 0 Å². The highest BCUT2D eigenvalue weighted by Gasteiger charge is 2.46. The van der Waals surface area contributed by atoms with E-state index in [-0.39, 0.29) is 10.8 Å². The van der Waals surface area contributed by atoms with Crippen molar-refractivity contribution < 1.29 is 8.42 Å². The maximum atomic E-state index is 12.1. The van der Waals surface area contributed by atoms with Gasteiger partial charge >= 0.3 is 0 Å². The third kappa shape index (κ3) is 2.13. The molecule has 1 heterocycles. The third-order valence-corrected chi connectivity index (χ3v) is 6.64. The van der Waals surface area contributed by atoms with Crippen LogP contribution in [0.2, 0.25) is 0 Å². The van der Waals surface area contributed by atoms with E-state index >= 15 is 0 Å². The van der Waals surface area contributed by atoms with E-state index in [0.717, 1.165) is 44.9 Å². The lowest BCUT2D eigenvalue weighted by atomic mass is 9.78. The number of hydrogen-bond donors (Lipinski definition) is 2. The van der Waals surface area contributed by atoms with Crippen LogP contribution in [0.3, 0.4) is 0 Å². The van der Waals surface area contributed by atoms with E-state index in [1.54, 1.807) is 0 Å². The average molecular weight is 246 g/mol. The number of nitrogens with one attached hydrogen (secondary N) is 1. The van der Waals surface area contributed by atoms with E-state index in [9.17, 15) is 8.42 Å². The topological polar surface area (TPSA) is 72.2 Å². The van der Waals surface area contributed by atoms with Crippen molar-refractivity contribution in [2.45, 2.75) is 62.2 Å². The monoisotopic (exact) mass is 246 g/mol. The molecule has 2 rings (SSSR count). The standard InChI is InChI=1S/C11H22N2O2S/c12-13-11(7-3-1-4-8-11)10-6-2-5-9-16(10,14)15/h10,13H,1-9,12H2. The maximum absolute atomic E-state index is 12.1. The van der Waals surface area contributed by atoms with Gasteiger partial charge in [0.15, 0.2) is 9.84 Å². The van der Waals surface area contributed by atoms with Gasteiger partial charge in [-0.2, -0.15) is 0 Å². The summed E-state index contributed by atoms with van der Waals surface area (Å²) in [7, 11) is -2.94. The maximum Gasteiger partial charge on any atom is 0.155 e. The summed E-state index contributed by atoms with van der Waals surface area (Å²) in [5, 5.41) is -0.251. The first-order chi connectivity index (χ1) is 7.61. The molecule has 1 saturated carbocycles. The molecule has 0 radical (unpaired) electrons. The zero-order chi connectivity index (χ0) is 11.6. The summed E-state index contributed by atoms with van der Waals surface area (Å²) in [6.45, 7) is 0. The molecule has 1 aliphatic heterocycles. The Labute approximate surface area is 97.9 Å². The second-order valence-corrected chi connectivity index (χ2v) is 7.52. The molecule has 4 nitrogen and oxygen atoms in total. The number of hydrazine groups is 1. The Morgan fingerprint density at radius 2 is 1.75 bits per heavy atom. The summed E-state index contributed by atoms with van der Waals surface area (Å²) < 4.78 is 24.3. The minimum absolute atomic E-state index is 0.251. The molecule has 5 heteroatoms. The van der Waals surface area contributed by atoms with Crippen LogP contribution in [0.15, 0.2) is 0 Å². The second-order valence-electron chi connectivity index (χ2n) is 5.21. The normalized spacial score (nSPS) is 33.4. The van der Waals surface area contributed by atoms with Crippen LogP contribution in [0, 0.1) is 0 Å². The van der Waals surface area contributed by atoms with Crippen molar-refractivity contribution in [1.29, 1.82) is 0 Å².